The van der Waals surface area contributed by atoms with E-state index in [0.717, 1.165) is 31.4 Å². The van der Waals surface area contributed by atoms with Crippen LogP contribution in [0.4, 0.5) is 0 Å². The SMILES string of the molecule is CCC(CC)(CC)N1Cc2ccccc2C1=N. The van der Waals surface area contributed by atoms with Crippen molar-refractivity contribution in [3.05, 3.63) is 35.4 Å². The van der Waals surface area contributed by atoms with Crippen LogP contribution in [0.1, 0.15) is 51.2 Å². The number of hydrogen-bond acceptors (Lipinski definition) is 1. The van der Waals surface area contributed by atoms with E-state index in [-0.39, 0.29) is 5.54 Å². The van der Waals surface area contributed by atoms with E-state index < -0.39 is 0 Å². The lowest BCUT2D eigenvalue weighted by atomic mass is 9.88. The molecule has 0 fully saturated rings. The maximum atomic E-state index is 8.38. The van der Waals surface area contributed by atoms with Crippen LogP contribution in [-0.2, 0) is 6.54 Å². The molecular weight excluding hydrogens is 208 g/mol. The molecule has 0 spiro atoms. The van der Waals surface area contributed by atoms with E-state index in [1.54, 1.807) is 0 Å². The number of benzene rings is 1. The van der Waals surface area contributed by atoms with Crippen LogP contribution in [0.15, 0.2) is 24.3 Å². The van der Waals surface area contributed by atoms with Crippen LogP contribution >= 0.6 is 0 Å². The largest absolute Gasteiger partial charge is 0.347 e. The number of hydrogen-bond donors (Lipinski definition) is 1. The lowest BCUT2D eigenvalue weighted by molar-refractivity contribution is 0.150. The molecule has 0 saturated carbocycles. The quantitative estimate of drug-likeness (QED) is 0.837. The third-order valence-corrected chi connectivity index (χ3v) is 4.42. The minimum atomic E-state index is 0.163. The molecule has 0 radical (unpaired) electrons. The van der Waals surface area contributed by atoms with E-state index in [9.17, 15) is 0 Å². The third-order valence-electron chi connectivity index (χ3n) is 4.42. The molecule has 0 atom stereocenters. The highest BCUT2D eigenvalue weighted by Gasteiger charge is 2.37. The van der Waals surface area contributed by atoms with Crippen molar-refractivity contribution < 1.29 is 0 Å². The minimum Gasteiger partial charge on any atom is -0.347 e. The average molecular weight is 230 g/mol. The Hall–Kier alpha value is -1.31. The van der Waals surface area contributed by atoms with Crippen molar-refractivity contribution in [2.45, 2.75) is 52.1 Å². The van der Waals surface area contributed by atoms with Crippen molar-refractivity contribution in [2.75, 3.05) is 0 Å². The monoisotopic (exact) mass is 230 g/mol. The van der Waals surface area contributed by atoms with Crippen LogP contribution in [0, 0.1) is 5.41 Å². The standard InChI is InChI=1S/C15H22N2/c1-4-15(5-2,6-3)17-11-12-9-7-8-10-13(12)14(17)16/h7-10,16H,4-6,11H2,1-3H3. The Morgan fingerprint density at radius 2 is 1.71 bits per heavy atom. The maximum Gasteiger partial charge on any atom is 0.129 e. The maximum absolute atomic E-state index is 8.38. The molecule has 1 aromatic carbocycles. The van der Waals surface area contributed by atoms with Gasteiger partial charge in [0.1, 0.15) is 5.84 Å². The van der Waals surface area contributed by atoms with Gasteiger partial charge < -0.3 is 4.90 Å². The second kappa shape index (κ2) is 4.52. The van der Waals surface area contributed by atoms with Gasteiger partial charge in [0.2, 0.25) is 0 Å². The Morgan fingerprint density at radius 3 is 2.24 bits per heavy atom. The van der Waals surface area contributed by atoms with Crippen molar-refractivity contribution in [3.8, 4) is 0 Å². The van der Waals surface area contributed by atoms with Gasteiger partial charge in [0.05, 0.1) is 0 Å². The Labute approximate surface area is 104 Å². The molecule has 0 saturated heterocycles. The number of rotatable bonds is 4. The Morgan fingerprint density at radius 1 is 1.12 bits per heavy atom. The Kier molecular flexibility index (Phi) is 3.23. The third kappa shape index (κ3) is 1.76. The van der Waals surface area contributed by atoms with E-state index in [2.05, 4.69) is 43.9 Å². The van der Waals surface area contributed by atoms with Gasteiger partial charge in [0.15, 0.2) is 0 Å². The van der Waals surface area contributed by atoms with E-state index in [1.165, 1.54) is 5.56 Å². The highest BCUT2D eigenvalue weighted by atomic mass is 15.2. The van der Waals surface area contributed by atoms with Crippen LogP contribution in [0.25, 0.3) is 0 Å². The predicted octanol–water partition coefficient (Wildman–Crippen LogP) is 3.80. The molecule has 2 nitrogen and oxygen atoms in total. The molecule has 1 aromatic rings. The molecule has 92 valence electrons. The van der Waals surface area contributed by atoms with Gasteiger partial charge in [-0.2, -0.15) is 0 Å². The summed E-state index contributed by atoms with van der Waals surface area (Å²) in [5.74, 6) is 0.714. The Balaban J connectivity index is 2.36. The zero-order valence-electron chi connectivity index (χ0n) is 11.1. The predicted molar refractivity (Wildman–Crippen MR) is 72.4 cm³/mol. The van der Waals surface area contributed by atoms with Crippen molar-refractivity contribution >= 4 is 5.84 Å². The van der Waals surface area contributed by atoms with Gasteiger partial charge in [-0.1, -0.05) is 45.0 Å². The van der Waals surface area contributed by atoms with Crippen molar-refractivity contribution in [2.24, 2.45) is 0 Å². The first-order valence-corrected chi connectivity index (χ1v) is 6.63. The van der Waals surface area contributed by atoms with Gasteiger partial charge in [-0.25, -0.2) is 0 Å². The van der Waals surface area contributed by atoms with E-state index >= 15 is 0 Å². The average Bonchev–Trinajstić information content (AvgIpc) is 2.72. The molecule has 0 bridgehead atoms. The first-order valence-electron chi connectivity index (χ1n) is 6.63. The molecule has 2 rings (SSSR count). The highest BCUT2D eigenvalue weighted by molar-refractivity contribution is 6.00. The molecule has 1 aliphatic rings. The van der Waals surface area contributed by atoms with Crippen molar-refractivity contribution in [1.29, 1.82) is 5.41 Å². The molecule has 1 aliphatic heterocycles. The lowest BCUT2D eigenvalue weighted by Gasteiger charge is -2.41. The molecule has 0 unspecified atom stereocenters. The molecule has 1 N–H and O–H groups in total. The second-order valence-electron chi connectivity index (χ2n) is 4.88. The number of nitrogens with zero attached hydrogens (tertiary/aromatic N) is 1. The summed E-state index contributed by atoms with van der Waals surface area (Å²) in [5.41, 5.74) is 2.58. The van der Waals surface area contributed by atoms with E-state index in [1.807, 2.05) is 6.07 Å². The topological polar surface area (TPSA) is 27.1 Å². The summed E-state index contributed by atoms with van der Waals surface area (Å²) in [7, 11) is 0. The van der Waals surface area contributed by atoms with E-state index in [0.29, 0.717) is 5.84 Å². The fourth-order valence-corrected chi connectivity index (χ4v) is 3.01. The first kappa shape index (κ1) is 12.2. The summed E-state index contributed by atoms with van der Waals surface area (Å²) >= 11 is 0. The number of fused-ring (bicyclic) bond motifs is 1. The van der Waals surface area contributed by atoms with Crippen LogP contribution in [0.2, 0.25) is 0 Å². The van der Waals surface area contributed by atoms with Crippen LogP contribution in [0.3, 0.4) is 0 Å². The van der Waals surface area contributed by atoms with Crippen LogP contribution in [0.5, 0.6) is 0 Å². The number of nitrogens with one attached hydrogen (secondary N) is 1. The fourth-order valence-electron chi connectivity index (χ4n) is 3.01. The molecule has 17 heavy (non-hydrogen) atoms. The Bertz CT molecular complexity index is 410. The number of amidine groups is 1. The molecule has 0 aliphatic carbocycles. The summed E-state index contributed by atoms with van der Waals surface area (Å²) in [6.07, 6.45) is 3.32. The summed E-state index contributed by atoms with van der Waals surface area (Å²) < 4.78 is 0. The molecule has 1 heterocycles. The summed E-state index contributed by atoms with van der Waals surface area (Å²) in [6, 6.07) is 8.32. The van der Waals surface area contributed by atoms with Gasteiger partial charge >= 0.3 is 0 Å². The summed E-state index contributed by atoms with van der Waals surface area (Å²) in [5, 5.41) is 8.38. The first-order chi connectivity index (χ1) is 8.18. The van der Waals surface area contributed by atoms with Crippen molar-refractivity contribution in [1.82, 2.24) is 4.90 Å². The zero-order valence-corrected chi connectivity index (χ0v) is 11.1. The summed E-state index contributed by atoms with van der Waals surface area (Å²) in [4.78, 5) is 2.30. The molecular formula is C15H22N2. The highest BCUT2D eigenvalue weighted by Crippen LogP contribution is 2.35. The smallest absolute Gasteiger partial charge is 0.129 e. The molecule has 2 heteroatoms. The van der Waals surface area contributed by atoms with Crippen LogP contribution in [-0.4, -0.2) is 16.3 Å². The second-order valence-corrected chi connectivity index (χ2v) is 4.88. The van der Waals surface area contributed by atoms with Gasteiger partial charge in [0, 0.05) is 17.6 Å². The van der Waals surface area contributed by atoms with Gasteiger partial charge in [-0.3, -0.25) is 5.41 Å². The summed E-state index contributed by atoms with van der Waals surface area (Å²) in [6.45, 7) is 7.63. The van der Waals surface area contributed by atoms with Crippen molar-refractivity contribution in [3.63, 3.8) is 0 Å². The molecule has 0 amide bonds. The van der Waals surface area contributed by atoms with Gasteiger partial charge in [0.25, 0.3) is 0 Å². The zero-order chi connectivity index (χ0) is 12.5. The fraction of sp³-hybridized carbons (Fsp3) is 0.533. The van der Waals surface area contributed by atoms with Gasteiger partial charge in [-0.05, 0) is 24.8 Å². The normalized spacial score (nSPS) is 15.2. The van der Waals surface area contributed by atoms with E-state index in [4.69, 9.17) is 5.41 Å². The van der Waals surface area contributed by atoms with Crippen LogP contribution < -0.4 is 0 Å². The lowest BCUT2D eigenvalue weighted by Crippen LogP contribution is -2.47. The van der Waals surface area contributed by atoms with Gasteiger partial charge in [-0.15, -0.1) is 0 Å². The molecule has 0 aromatic heterocycles. The minimum absolute atomic E-state index is 0.163.